The minimum atomic E-state index is -0.734. The first kappa shape index (κ1) is 27.5. The van der Waals surface area contributed by atoms with Crippen molar-refractivity contribution in [3.05, 3.63) is 56.6 Å². The molecule has 14 nitrogen and oxygen atoms in total. The van der Waals surface area contributed by atoms with Crippen LogP contribution in [0.3, 0.4) is 0 Å². The third kappa shape index (κ3) is 8.86. The van der Waals surface area contributed by atoms with Crippen molar-refractivity contribution >= 4 is 22.7 Å². The van der Waals surface area contributed by atoms with Crippen molar-refractivity contribution in [3.8, 4) is 11.5 Å². The van der Waals surface area contributed by atoms with E-state index in [1.165, 1.54) is 30.3 Å². The third-order valence-corrected chi connectivity index (χ3v) is 4.56. The van der Waals surface area contributed by atoms with E-state index in [0.29, 0.717) is 18.8 Å². The fraction of sp³-hybridized carbons (Fsp3) is 0.429. The largest absolute Gasteiger partial charge is 0.491 e. The maximum atomic E-state index is 11.3. The highest BCUT2D eigenvalue weighted by molar-refractivity contribution is 5.64. The molecule has 2 aromatic carbocycles. The van der Waals surface area contributed by atoms with Crippen LogP contribution in [0.15, 0.2) is 36.4 Å². The van der Waals surface area contributed by atoms with Gasteiger partial charge in [-0.3, -0.25) is 20.2 Å². The van der Waals surface area contributed by atoms with E-state index in [9.17, 15) is 25.3 Å². The summed E-state index contributed by atoms with van der Waals surface area (Å²) in [6.45, 7) is 0.355. The van der Waals surface area contributed by atoms with Crippen LogP contribution in [0.2, 0.25) is 0 Å². The van der Waals surface area contributed by atoms with Gasteiger partial charge in [0.2, 0.25) is 0 Å². The van der Waals surface area contributed by atoms with Crippen LogP contribution in [0, 0.1) is 20.2 Å². The Balaban J connectivity index is 1.85. The standard InChI is InChI=1S/C21H29N5O9/c22-5-6-23-18-3-1-15(11-20(18)25(29)30)33-9-10-34-17(13-28)14-35-16-2-4-19(24-7-8-27)21(12-16)26(31)32/h1-4,11-12,17,23-24,27-28H,5-10,13-14,22H2. The van der Waals surface area contributed by atoms with Crippen LogP contribution in [0.1, 0.15) is 0 Å². The van der Waals surface area contributed by atoms with Gasteiger partial charge in [0.25, 0.3) is 11.4 Å². The number of hydrogen-bond donors (Lipinski definition) is 5. The monoisotopic (exact) mass is 495 g/mol. The van der Waals surface area contributed by atoms with E-state index >= 15 is 0 Å². The zero-order valence-corrected chi connectivity index (χ0v) is 18.9. The van der Waals surface area contributed by atoms with Crippen LogP contribution in [0.25, 0.3) is 0 Å². The second-order valence-corrected chi connectivity index (χ2v) is 7.07. The predicted molar refractivity (Wildman–Crippen MR) is 127 cm³/mol. The van der Waals surface area contributed by atoms with Crippen LogP contribution in [-0.4, -0.2) is 78.8 Å². The van der Waals surface area contributed by atoms with Crippen LogP contribution >= 0.6 is 0 Å². The molecule has 2 rings (SSSR count). The second kappa shape index (κ2) is 14.5. The molecule has 0 saturated heterocycles. The lowest BCUT2D eigenvalue weighted by molar-refractivity contribution is -0.384. The molecular weight excluding hydrogens is 466 g/mol. The summed E-state index contributed by atoms with van der Waals surface area (Å²) in [5.74, 6) is 0.484. The van der Waals surface area contributed by atoms with Gasteiger partial charge in [-0.1, -0.05) is 0 Å². The second-order valence-electron chi connectivity index (χ2n) is 7.07. The molecule has 192 valence electrons. The Morgan fingerprint density at radius 3 is 1.97 bits per heavy atom. The Kier molecular flexibility index (Phi) is 11.4. The number of nitro groups is 2. The van der Waals surface area contributed by atoms with Gasteiger partial charge in [-0.25, -0.2) is 0 Å². The molecule has 0 radical (unpaired) electrons. The summed E-state index contributed by atoms with van der Waals surface area (Å²) >= 11 is 0. The summed E-state index contributed by atoms with van der Waals surface area (Å²) in [7, 11) is 0. The highest BCUT2D eigenvalue weighted by Crippen LogP contribution is 2.30. The fourth-order valence-corrected chi connectivity index (χ4v) is 2.92. The van der Waals surface area contributed by atoms with Gasteiger partial charge in [0.15, 0.2) is 0 Å². The number of nitrogens with zero attached hydrogens (tertiary/aromatic N) is 2. The topological polar surface area (TPSA) is 205 Å². The number of hydrogen-bond acceptors (Lipinski definition) is 12. The predicted octanol–water partition coefficient (Wildman–Crippen LogP) is 1.11. The fourth-order valence-electron chi connectivity index (χ4n) is 2.92. The van der Waals surface area contributed by atoms with Gasteiger partial charge in [-0.15, -0.1) is 0 Å². The lowest BCUT2D eigenvalue weighted by atomic mass is 10.2. The molecule has 0 fully saturated rings. The van der Waals surface area contributed by atoms with Gasteiger partial charge < -0.3 is 40.8 Å². The van der Waals surface area contributed by atoms with E-state index in [1.54, 1.807) is 6.07 Å². The van der Waals surface area contributed by atoms with E-state index in [2.05, 4.69) is 10.6 Å². The minimum absolute atomic E-state index is 0.0553. The van der Waals surface area contributed by atoms with E-state index in [-0.39, 0.29) is 68.1 Å². The summed E-state index contributed by atoms with van der Waals surface area (Å²) in [6, 6.07) is 8.60. The molecule has 0 aromatic heterocycles. The molecule has 0 heterocycles. The van der Waals surface area contributed by atoms with E-state index in [0.717, 1.165) is 0 Å². The highest BCUT2D eigenvalue weighted by Gasteiger charge is 2.17. The van der Waals surface area contributed by atoms with Crippen LogP contribution in [0.5, 0.6) is 11.5 Å². The van der Waals surface area contributed by atoms with Crippen LogP contribution in [-0.2, 0) is 4.74 Å². The van der Waals surface area contributed by atoms with Crippen molar-refractivity contribution in [1.82, 2.24) is 0 Å². The molecule has 0 spiro atoms. The molecule has 0 amide bonds. The van der Waals surface area contributed by atoms with Crippen LogP contribution in [0.4, 0.5) is 22.7 Å². The first-order valence-electron chi connectivity index (χ1n) is 10.7. The van der Waals surface area contributed by atoms with E-state index in [1.807, 2.05) is 0 Å². The number of aliphatic hydroxyl groups is 2. The first-order chi connectivity index (χ1) is 16.9. The zero-order valence-electron chi connectivity index (χ0n) is 18.9. The molecular formula is C21H29N5O9. The average Bonchev–Trinajstić information content (AvgIpc) is 2.86. The zero-order chi connectivity index (χ0) is 25.6. The minimum Gasteiger partial charge on any atom is -0.491 e. The van der Waals surface area contributed by atoms with E-state index in [4.69, 9.17) is 25.1 Å². The van der Waals surface area contributed by atoms with Gasteiger partial charge in [-0.2, -0.15) is 0 Å². The molecule has 14 heteroatoms. The quantitative estimate of drug-likeness (QED) is 0.119. The third-order valence-electron chi connectivity index (χ3n) is 4.56. The van der Waals surface area contributed by atoms with Crippen molar-refractivity contribution in [1.29, 1.82) is 0 Å². The number of nitrogens with one attached hydrogen (secondary N) is 2. The maximum absolute atomic E-state index is 11.3. The molecule has 0 aliphatic rings. The average molecular weight is 495 g/mol. The molecule has 1 unspecified atom stereocenters. The number of nitrogens with two attached hydrogens (primary N) is 1. The summed E-state index contributed by atoms with van der Waals surface area (Å²) in [4.78, 5) is 21.4. The Morgan fingerprint density at radius 2 is 1.46 bits per heavy atom. The summed E-state index contributed by atoms with van der Waals surface area (Å²) in [5.41, 5.74) is 5.62. The number of anilines is 2. The molecule has 0 bridgehead atoms. The summed E-state index contributed by atoms with van der Waals surface area (Å²) in [6.07, 6.45) is -0.734. The Hall–Kier alpha value is -3.72. The van der Waals surface area contributed by atoms with Gasteiger partial charge in [0.05, 0.1) is 41.8 Å². The number of ether oxygens (including phenoxy) is 3. The van der Waals surface area contributed by atoms with Crippen molar-refractivity contribution in [3.63, 3.8) is 0 Å². The number of rotatable bonds is 17. The van der Waals surface area contributed by atoms with Gasteiger partial charge in [-0.05, 0) is 24.3 Å². The van der Waals surface area contributed by atoms with Gasteiger partial charge in [0, 0.05) is 19.6 Å². The molecule has 0 aliphatic heterocycles. The smallest absolute Gasteiger partial charge is 0.296 e. The molecule has 0 aliphatic carbocycles. The number of benzene rings is 2. The van der Waals surface area contributed by atoms with Gasteiger partial charge >= 0.3 is 0 Å². The van der Waals surface area contributed by atoms with Gasteiger partial charge in [0.1, 0.15) is 42.2 Å². The lowest BCUT2D eigenvalue weighted by Crippen LogP contribution is -2.27. The SMILES string of the molecule is NCCNc1ccc(OCCOC(CO)COc2ccc(NCCO)c([N+](=O)[O-])c2)cc1[N+](=O)[O-]. The highest BCUT2D eigenvalue weighted by atomic mass is 16.6. The number of nitro benzene ring substituents is 2. The molecule has 1 atom stereocenters. The Morgan fingerprint density at radius 1 is 0.886 bits per heavy atom. The normalized spacial score (nSPS) is 11.5. The van der Waals surface area contributed by atoms with Crippen molar-refractivity contribution < 1.29 is 34.3 Å². The summed E-state index contributed by atoms with van der Waals surface area (Å²) < 4.78 is 16.5. The van der Waals surface area contributed by atoms with Crippen molar-refractivity contribution in [2.45, 2.75) is 6.10 Å². The molecule has 35 heavy (non-hydrogen) atoms. The van der Waals surface area contributed by atoms with Crippen molar-refractivity contribution in [2.75, 3.05) is 63.3 Å². The summed E-state index contributed by atoms with van der Waals surface area (Å²) in [5, 5.41) is 46.6. The maximum Gasteiger partial charge on any atom is 0.296 e. The molecule has 2 aromatic rings. The first-order valence-corrected chi connectivity index (χ1v) is 10.7. The van der Waals surface area contributed by atoms with Crippen LogP contribution < -0.4 is 25.8 Å². The Bertz CT molecular complexity index is 976. The molecule has 6 N–H and O–H groups in total. The van der Waals surface area contributed by atoms with E-state index < -0.39 is 16.0 Å². The number of aliphatic hydroxyl groups excluding tert-OH is 2. The molecule has 0 saturated carbocycles. The lowest BCUT2D eigenvalue weighted by Gasteiger charge is -2.17. The Labute approximate surface area is 200 Å². The van der Waals surface area contributed by atoms with Crippen molar-refractivity contribution in [2.24, 2.45) is 5.73 Å².